The van der Waals surface area contributed by atoms with Crippen molar-refractivity contribution in [1.29, 1.82) is 0 Å². The van der Waals surface area contributed by atoms with Gasteiger partial charge in [-0.2, -0.15) is 0 Å². The molecular formula is C31H29Cl2N3O4. The Morgan fingerprint density at radius 1 is 0.875 bits per heavy atom. The molecule has 0 aliphatic rings. The Morgan fingerprint density at radius 2 is 1.62 bits per heavy atom. The van der Waals surface area contributed by atoms with Crippen LogP contribution in [0.1, 0.15) is 29.4 Å². The fourth-order valence-corrected chi connectivity index (χ4v) is 4.37. The highest BCUT2D eigenvalue weighted by atomic mass is 35.5. The number of carbonyl (C=O) groups is 2. The van der Waals surface area contributed by atoms with Gasteiger partial charge in [0.25, 0.3) is 5.91 Å². The number of nitrogens with zero attached hydrogens (tertiary/aromatic N) is 1. The van der Waals surface area contributed by atoms with E-state index in [2.05, 4.69) is 15.6 Å². The first-order valence-electron chi connectivity index (χ1n) is 12.7. The standard InChI is InChI=1S/C31H29Cl2N3O4/c1-3-40-30(37)14-15-34-31(38)29-13-7-22(18-36-29)26-11-10-25(39-2)16-23(26)19-35-24-8-4-20(5-9-24)21-6-12-27(32)28(33)17-21/h4-13,16-18,35H,3,14-15,19H2,1-2H3,(H,34,38). The molecule has 4 rings (SSSR count). The Hall–Kier alpha value is -4.07. The van der Waals surface area contributed by atoms with E-state index < -0.39 is 0 Å². The van der Waals surface area contributed by atoms with Crippen LogP contribution in [0.25, 0.3) is 22.3 Å². The molecule has 1 heterocycles. The lowest BCUT2D eigenvalue weighted by molar-refractivity contribution is -0.142. The van der Waals surface area contributed by atoms with Crippen LogP contribution in [0.5, 0.6) is 5.75 Å². The van der Waals surface area contributed by atoms with Gasteiger partial charge in [0.05, 0.1) is 30.2 Å². The third-order valence-electron chi connectivity index (χ3n) is 6.16. The second kappa shape index (κ2) is 13.8. The number of benzene rings is 3. The monoisotopic (exact) mass is 577 g/mol. The van der Waals surface area contributed by atoms with Gasteiger partial charge in [0.15, 0.2) is 0 Å². The normalized spacial score (nSPS) is 10.6. The lowest BCUT2D eigenvalue weighted by atomic mass is 10.00. The fraction of sp³-hybridized carbons (Fsp3) is 0.194. The van der Waals surface area contributed by atoms with Crippen molar-refractivity contribution in [3.05, 3.63) is 100 Å². The highest BCUT2D eigenvalue weighted by Crippen LogP contribution is 2.30. The van der Waals surface area contributed by atoms with E-state index in [1.807, 2.05) is 60.7 Å². The van der Waals surface area contributed by atoms with E-state index in [9.17, 15) is 9.59 Å². The smallest absolute Gasteiger partial charge is 0.307 e. The van der Waals surface area contributed by atoms with Gasteiger partial charge in [-0.15, -0.1) is 0 Å². The van der Waals surface area contributed by atoms with Crippen molar-refractivity contribution in [1.82, 2.24) is 10.3 Å². The predicted molar refractivity (Wildman–Crippen MR) is 159 cm³/mol. The molecule has 3 aromatic carbocycles. The molecular weight excluding hydrogens is 549 g/mol. The van der Waals surface area contributed by atoms with Gasteiger partial charge < -0.3 is 20.1 Å². The minimum atomic E-state index is -0.353. The Kier molecular flexibility index (Phi) is 10.00. The number of ether oxygens (including phenoxy) is 2. The number of methoxy groups -OCH3 is 1. The zero-order chi connectivity index (χ0) is 28.5. The third kappa shape index (κ3) is 7.52. The number of carbonyl (C=O) groups excluding carboxylic acids is 2. The maximum Gasteiger partial charge on any atom is 0.307 e. The van der Waals surface area contributed by atoms with E-state index >= 15 is 0 Å². The summed E-state index contributed by atoms with van der Waals surface area (Å²) in [6.07, 6.45) is 1.77. The zero-order valence-electron chi connectivity index (χ0n) is 22.2. The molecule has 9 heteroatoms. The van der Waals surface area contributed by atoms with Gasteiger partial charge >= 0.3 is 5.97 Å². The zero-order valence-corrected chi connectivity index (χ0v) is 23.7. The van der Waals surface area contributed by atoms with Crippen LogP contribution in [0.15, 0.2) is 79.0 Å². The largest absolute Gasteiger partial charge is 0.497 e. The van der Waals surface area contributed by atoms with Crippen LogP contribution in [0.4, 0.5) is 5.69 Å². The van der Waals surface area contributed by atoms with Crippen molar-refractivity contribution in [3.63, 3.8) is 0 Å². The summed E-state index contributed by atoms with van der Waals surface area (Å²) in [7, 11) is 1.63. The number of esters is 1. The van der Waals surface area contributed by atoms with Crippen LogP contribution in [0, 0.1) is 0 Å². The number of amides is 1. The van der Waals surface area contributed by atoms with Gasteiger partial charge in [-0.05, 0) is 71.6 Å². The SMILES string of the molecule is CCOC(=O)CCNC(=O)c1ccc(-c2ccc(OC)cc2CNc2ccc(-c3ccc(Cl)c(Cl)c3)cc2)cn1. The van der Waals surface area contributed by atoms with Gasteiger partial charge in [-0.25, -0.2) is 0 Å². The molecule has 2 N–H and O–H groups in total. The summed E-state index contributed by atoms with van der Waals surface area (Å²) in [6, 6.07) is 23.0. The molecule has 0 fully saturated rings. The molecule has 0 aliphatic carbocycles. The quantitative estimate of drug-likeness (QED) is 0.186. The van der Waals surface area contributed by atoms with Crippen molar-refractivity contribution in [2.75, 3.05) is 25.6 Å². The number of hydrogen-bond donors (Lipinski definition) is 2. The van der Waals surface area contributed by atoms with Crippen LogP contribution in [0.2, 0.25) is 10.0 Å². The molecule has 0 atom stereocenters. The summed E-state index contributed by atoms with van der Waals surface area (Å²) in [5, 5.41) is 7.20. The highest BCUT2D eigenvalue weighted by molar-refractivity contribution is 6.42. The molecule has 1 amide bonds. The van der Waals surface area contributed by atoms with Crippen molar-refractivity contribution in [3.8, 4) is 28.0 Å². The summed E-state index contributed by atoms with van der Waals surface area (Å²) < 4.78 is 10.3. The average molecular weight is 578 g/mol. The fourth-order valence-electron chi connectivity index (χ4n) is 4.07. The van der Waals surface area contributed by atoms with Crippen LogP contribution in [-0.2, 0) is 16.1 Å². The third-order valence-corrected chi connectivity index (χ3v) is 6.90. The maximum atomic E-state index is 12.4. The predicted octanol–water partition coefficient (Wildman–Crippen LogP) is 7.03. The van der Waals surface area contributed by atoms with E-state index in [0.717, 1.165) is 39.3 Å². The summed E-state index contributed by atoms with van der Waals surface area (Å²) in [5.41, 5.74) is 6.05. The van der Waals surface area contributed by atoms with E-state index in [4.69, 9.17) is 32.7 Å². The molecule has 0 radical (unpaired) electrons. The van der Waals surface area contributed by atoms with Crippen molar-refractivity contribution >= 4 is 40.8 Å². The van der Waals surface area contributed by atoms with Crippen LogP contribution < -0.4 is 15.4 Å². The average Bonchev–Trinajstić information content (AvgIpc) is 2.98. The van der Waals surface area contributed by atoms with E-state index in [-0.39, 0.29) is 30.5 Å². The van der Waals surface area contributed by atoms with E-state index in [1.54, 1.807) is 32.4 Å². The lowest BCUT2D eigenvalue weighted by Gasteiger charge is -2.14. The van der Waals surface area contributed by atoms with Crippen molar-refractivity contribution in [2.45, 2.75) is 19.9 Å². The Labute approximate surface area is 243 Å². The summed E-state index contributed by atoms with van der Waals surface area (Å²) in [5.74, 6) is 0.0343. The number of aromatic nitrogens is 1. The van der Waals surface area contributed by atoms with E-state index in [1.165, 1.54) is 0 Å². The Balaban J connectivity index is 1.44. The van der Waals surface area contributed by atoms with E-state index in [0.29, 0.717) is 23.2 Å². The van der Waals surface area contributed by atoms with Crippen LogP contribution in [-0.4, -0.2) is 37.1 Å². The minimum Gasteiger partial charge on any atom is -0.497 e. The number of rotatable bonds is 11. The molecule has 0 bridgehead atoms. The number of hydrogen-bond acceptors (Lipinski definition) is 6. The number of nitrogens with one attached hydrogen (secondary N) is 2. The number of pyridine rings is 1. The van der Waals surface area contributed by atoms with Gasteiger partial charge in [0, 0.05) is 30.5 Å². The van der Waals surface area contributed by atoms with Gasteiger partial charge in [0.1, 0.15) is 11.4 Å². The minimum absolute atomic E-state index is 0.109. The molecule has 40 heavy (non-hydrogen) atoms. The summed E-state index contributed by atoms with van der Waals surface area (Å²) >= 11 is 12.2. The molecule has 0 unspecified atom stereocenters. The summed E-state index contributed by atoms with van der Waals surface area (Å²) in [4.78, 5) is 28.2. The molecule has 0 saturated carbocycles. The van der Waals surface area contributed by atoms with Gasteiger partial charge in [-0.1, -0.05) is 53.5 Å². The molecule has 0 aliphatic heterocycles. The van der Waals surface area contributed by atoms with Crippen molar-refractivity contribution in [2.24, 2.45) is 0 Å². The second-order valence-corrected chi connectivity index (χ2v) is 9.64. The molecule has 1 aromatic heterocycles. The molecule has 0 spiro atoms. The Morgan fingerprint density at radius 3 is 2.30 bits per heavy atom. The topological polar surface area (TPSA) is 89.5 Å². The molecule has 206 valence electrons. The van der Waals surface area contributed by atoms with Gasteiger partial charge in [0.2, 0.25) is 0 Å². The molecule has 7 nitrogen and oxygen atoms in total. The Bertz CT molecular complexity index is 1480. The highest BCUT2D eigenvalue weighted by Gasteiger charge is 2.12. The molecule has 4 aromatic rings. The second-order valence-electron chi connectivity index (χ2n) is 8.83. The number of halogens is 2. The maximum absolute atomic E-state index is 12.4. The van der Waals surface area contributed by atoms with Gasteiger partial charge in [-0.3, -0.25) is 14.6 Å². The first-order valence-corrected chi connectivity index (χ1v) is 13.5. The number of anilines is 1. The first-order chi connectivity index (χ1) is 19.4. The first kappa shape index (κ1) is 28.9. The van der Waals surface area contributed by atoms with Crippen molar-refractivity contribution < 1.29 is 19.1 Å². The summed E-state index contributed by atoms with van der Waals surface area (Å²) in [6.45, 7) is 2.77. The van der Waals surface area contributed by atoms with Crippen LogP contribution in [0.3, 0.4) is 0 Å². The van der Waals surface area contributed by atoms with Crippen LogP contribution >= 0.6 is 23.2 Å². The molecule has 0 saturated heterocycles. The lowest BCUT2D eigenvalue weighted by Crippen LogP contribution is -2.27.